The highest BCUT2D eigenvalue weighted by Gasteiger charge is 2.59. The zero-order valence-electron chi connectivity index (χ0n) is 20.4. The smallest absolute Gasteiger partial charge is 0.270 e. The number of amides is 1. The monoisotopic (exact) mass is 475 g/mol. The summed E-state index contributed by atoms with van der Waals surface area (Å²) in [5, 5.41) is 4.02. The summed E-state index contributed by atoms with van der Waals surface area (Å²) < 4.78 is 17.1. The summed E-state index contributed by atoms with van der Waals surface area (Å²) in [4.78, 5) is 28.2. The average Bonchev–Trinajstić information content (AvgIpc) is 3.06. The standard InChI is InChI=1S/C26H30FN7O/c1-31(2)23(35)21-6-17-11-28-24(30-22(17)34(21)26-8-16(9-26)10-26)29-18-4-5-20(19(27)7-18)33-14-25(15-33)12-32(3)13-25/h4-7,11,16H,8-10,12-15H2,1-3H3,(H,28,29,30). The molecule has 3 aliphatic carbocycles. The van der Waals surface area contributed by atoms with Crippen LogP contribution in [0.3, 0.4) is 0 Å². The number of likely N-dealkylation sites (tertiary alicyclic amines) is 1. The summed E-state index contributed by atoms with van der Waals surface area (Å²) in [7, 11) is 5.67. The summed E-state index contributed by atoms with van der Waals surface area (Å²) in [5.41, 5.74) is 3.03. The molecule has 5 fully saturated rings. The van der Waals surface area contributed by atoms with E-state index in [0.29, 0.717) is 28.4 Å². The number of hydrogen-bond donors (Lipinski definition) is 1. The molecule has 1 amide bonds. The van der Waals surface area contributed by atoms with Gasteiger partial charge in [-0.05, 0) is 56.5 Å². The minimum atomic E-state index is -0.241. The number of hydrogen-bond acceptors (Lipinski definition) is 6. The van der Waals surface area contributed by atoms with Gasteiger partial charge in [-0.25, -0.2) is 9.37 Å². The van der Waals surface area contributed by atoms with Gasteiger partial charge in [-0.1, -0.05) is 0 Å². The highest BCUT2D eigenvalue weighted by atomic mass is 19.1. The van der Waals surface area contributed by atoms with Crippen molar-refractivity contribution in [1.29, 1.82) is 0 Å². The first kappa shape index (κ1) is 21.1. The number of nitrogens with zero attached hydrogens (tertiary/aromatic N) is 6. The van der Waals surface area contributed by atoms with Crippen LogP contribution in [0.15, 0.2) is 30.5 Å². The van der Waals surface area contributed by atoms with Gasteiger partial charge >= 0.3 is 0 Å². The van der Waals surface area contributed by atoms with Crippen molar-refractivity contribution in [2.24, 2.45) is 11.3 Å². The van der Waals surface area contributed by atoms with Crippen LogP contribution < -0.4 is 10.2 Å². The second-order valence-electron chi connectivity index (χ2n) is 11.6. The lowest BCUT2D eigenvalue weighted by molar-refractivity contribution is -0.0870. The Balaban J connectivity index is 1.16. The molecule has 1 N–H and O–H groups in total. The van der Waals surface area contributed by atoms with E-state index in [0.717, 1.165) is 62.4 Å². The Morgan fingerprint density at radius 3 is 2.49 bits per heavy atom. The molecular formula is C26H30FN7O. The molecule has 3 aromatic rings. The van der Waals surface area contributed by atoms with E-state index in [1.54, 1.807) is 25.2 Å². The quantitative estimate of drug-likeness (QED) is 0.611. The van der Waals surface area contributed by atoms with Gasteiger partial charge in [0.25, 0.3) is 5.91 Å². The van der Waals surface area contributed by atoms with E-state index in [4.69, 9.17) is 4.98 Å². The van der Waals surface area contributed by atoms with Crippen molar-refractivity contribution in [3.8, 4) is 0 Å². The predicted octanol–water partition coefficient (Wildman–Crippen LogP) is 3.28. The summed E-state index contributed by atoms with van der Waals surface area (Å²) in [5.74, 6) is 0.901. The lowest BCUT2D eigenvalue weighted by Crippen LogP contribution is -2.71. The number of halogens is 1. The molecule has 0 radical (unpaired) electrons. The van der Waals surface area contributed by atoms with E-state index >= 15 is 0 Å². The van der Waals surface area contributed by atoms with E-state index < -0.39 is 0 Å². The summed E-state index contributed by atoms with van der Waals surface area (Å²) in [6.07, 6.45) is 5.03. The summed E-state index contributed by atoms with van der Waals surface area (Å²) in [6, 6.07) is 7.13. The number of rotatable bonds is 5. The van der Waals surface area contributed by atoms with Gasteiger partial charge in [0, 0.05) is 68.5 Å². The van der Waals surface area contributed by atoms with Crippen molar-refractivity contribution in [2.45, 2.75) is 24.8 Å². The SMILES string of the molecule is CN1CC2(C1)CN(c1ccc(Nc3ncc4cc(C(=O)N(C)C)n(C56CC(C5)C6)c4n3)cc1F)C2. The fourth-order valence-electron chi connectivity index (χ4n) is 6.83. The van der Waals surface area contributed by atoms with Crippen LogP contribution in [0.25, 0.3) is 11.0 Å². The Bertz CT molecular complexity index is 1350. The number of nitrogens with one attached hydrogen (secondary N) is 1. The van der Waals surface area contributed by atoms with Gasteiger partial charge < -0.3 is 24.6 Å². The van der Waals surface area contributed by atoms with E-state index in [2.05, 4.69) is 31.7 Å². The van der Waals surface area contributed by atoms with E-state index in [-0.39, 0.29) is 17.3 Å². The first-order valence-corrected chi connectivity index (χ1v) is 12.4. The van der Waals surface area contributed by atoms with Crippen LogP contribution in [0.1, 0.15) is 29.8 Å². The zero-order valence-corrected chi connectivity index (χ0v) is 20.4. The first-order chi connectivity index (χ1) is 16.7. The number of carbonyl (C=O) groups is 1. The predicted molar refractivity (Wildman–Crippen MR) is 133 cm³/mol. The van der Waals surface area contributed by atoms with Crippen molar-refractivity contribution >= 4 is 34.3 Å². The maximum absolute atomic E-state index is 15.0. The molecule has 0 atom stereocenters. The van der Waals surface area contributed by atoms with Crippen LogP contribution in [-0.2, 0) is 5.54 Å². The molecule has 2 bridgehead atoms. The molecule has 0 unspecified atom stereocenters. The Labute approximate surface area is 203 Å². The Morgan fingerprint density at radius 2 is 1.89 bits per heavy atom. The van der Waals surface area contributed by atoms with Gasteiger partial charge in [-0.2, -0.15) is 4.98 Å². The third-order valence-corrected chi connectivity index (χ3v) is 8.45. The topological polar surface area (TPSA) is 69.5 Å². The molecule has 2 aromatic heterocycles. The molecule has 2 aliphatic heterocycles. The van der Waals surface area contributed by atoms with Crippen molar-refractivity contribution < 1.29 is 9.18 Å². The van der Waals surface area contributed by atoms with Crippen molar-refractivity contribution in [2.75, 3.05) is 57.5 Å². The maximum atomic E-state index is 15.0. The van der Waals surface area contributed by atoms with Crippen molar-refractivity contribution in [3.05, 3.63) is 42.0 Å². The van der Waals surface area contributed by atoms with Crippen LogP contribution >= 0.6 is 0 Å². The van der Waals surface area contributed by atoms with Crippen LogP contribution in [0.4, 0.5) is 21.7 Å². The Hall–Kier alpha value is -3.20. The molecule has 1 aromatic carbocycles. The van der Waals surface area contributed by atoms with Gasteiger partial charge in [0.05, 0.1) is 5.69 Å². The minimum absolute atomic E-state index is 0.00335. The zero-order chi connectivity index (χ0) is 24.1. The van der Waals surface area contributed by atoms with Crippen LogP contribution in [0, 0.1) is 17.2 Å². The molecule has 2 saturated heterocycles. The third kappa shape index (κ3) is 3.03. The lowest BCUT2D eigenvalue weighted by Gasteiger charge is -2.62. The minimum Gasteiger partial charge on any atom is -0.368 e. The highest BCUT2D eigenvalue weighted by Crippen LogP contribution is 2.63. The molecule has 8 nitrogen and oxygen atoms in total. The first-order valence-electron chi connectivity index (χ1n) is 12.4. The van der Waals surface area contributed by atoms with Crippen molar-refractivity contribution in [3.63, 3.8) is 0 Å². The van der Waals surface area contributed by atoms with Crippen LogP contribution in [0.2, 0.25) is 0 Å². The maximum Gasteiger partial charge on any atom is 0.270 e. The molecular weight excluding hydrogens is 445 g/mol. The number of aromatic nitrogens is 3. The molecule has 4 heterocycles. The fraction of sp³-hybridized carbons (Fsp3) is 0.500. The average molecular weight is 476 g/mol. The number of fused-ring (bicyclic) bond motifs is 1. The van der Waals surface area contributed by atoms with Gasteiger partial charge in [0.2, 0.25) is 5.95 Å². The molecule has 3 saturated carbocycles. The molecule has 8 rings (SSSR count). The second kappa shape index (κ2) is 6.94. The normalized spacial score (nSPS) is 26.1. The van der Waals surface area contributed by atoms with E-state index in [1.807, 2.05) is 18.2 Å². The molecule has 35 heavy (non-hydrogen) atoms. The van der Waals surface area contributed by atoms with Gasteiger partial charge in [-0.15, -0.1) is 0 Å². The van der Waals surface area contributed by atoms with E-state index in [1.165, 1.54) is 6.07 Å². The second-order valence-corrected chi connectivity index (χ2v) is 11.6. The van der Waals surface area contributed by atoms with E-state index in [9.17, 15) is 9.18 Å². The van der Waals surface area contributed by atoms with Gasteiger partial charge in [0.15, 0.2) is 0 Å². The van der Waals surface area contributed by atoms with Crippen molar-refractivity contribution in [1.82, 2.24) is 24.3 Å². The summed E-state index contributed by atoms with van der Waals surface area (Å²) in [6.45, 7) is 4.01. The molecule has 182 valence electrons. The third-order valence-electron chi connectivity index (χ3n) is 8.45. The van der Waals surface area contributed by atoms with Crippen LogP contribution in [0.5, 0.6) is 0 Å². The number of anilines is 3. The summed E-state index contributed by atoms with van der Waals surface area (Å²) >= 11 is 0. The number of carbonyl (C=O) groups excluding carboxylic acids is 1. The Morgan fingerprint density at radius 1 is 1.14 bits per heavy atom. The fourth-order valence-corrected chi connectivity index (χ4v) is 6.83. The van der Waals surface area contributed by atoms with Gasteiger partial charge in [-0.3, -0.25) is 4.79 Å². The van der Waals surface area contributed by atoms with Crippen LogP contribution in [-0.4, -0.2) is 77.6 Å². The molecule has 1 spiro atoms. The molecule has 9 heteroatoms. The molecule has 5 aliphatic rings. The highest BCUT2D eigenvalue weighted by molar-refractivity contribution is 5.98. The van der Waals surface area contributed by atoms with Gasteiger partial charge in [0.1, 0.15) is 17.2 Å². The number of benzene rings is 1. The Kier molecular flexibility index (Phi) is 4.18. The largest absolute Gasteiger partial charge is 0.368 e. The lowest BCUT2D eigenvalue weighted by atomic mass is 9.49.